The summed E-state index contributed by atoms with van der Waals surface area (Å²) < 4.78 is 5.60. The topological polar surface area (TPSA) is 76.1 Å². The summed E-state index contributed by atoms with van der Waals surface area (Å²) in [5.74, 6) is 1.12. The molecule has 0 bridgehead atoms. The Bertz CT molecular complexity index is 894. The Morgan fingerprint density at radius 1 is 1.00 bits per heavy atom. The Morgan fingerprint density at radius 2 is 1.76 bits per heavy atom. The summed E-state index contributed by atoms with van der Waals surface area (Å²) >= 11 is 0. The zero-order chi connectivity index (χ0) is 20.5. The van der Waals surface area contributed by atoms with Gasteiger partial charge in [0.05, 0.1) is 18.5 Å². The third-order valence-corrected chi connectivity index (χ3v) is 4.16. The first kappa shape index (κ1) is 20.3. The Hall–Kier alpha value is -3.41. The van der Waals surface area contributed by atoms with Crippen LogP contribution in [0.15, 0.2) is 67.0 Å². The quantitative estimate of drug-likeness (QED) is 0.524. The van der Waals surface area contributed by atoms with E-state index in [1.807, 2.05) is 44.2 Å². The van der Waals surface area contributed by atoms with Gasteiger partial charge in [-0.25, -0.2) is 9.97 Å². The summed E-state index contributed by atoms with van der Waals surface area (Å²) in [7, 11) is 0. The molecule has 3 rings (SSSR count). The number of nitrogens with zero attached hydrogens (tertiary/aromatic N) is 2. The van der Waals surface area contributed by atoms with Crippen molar-refractivity contribution < 1.29 is 9.53 Å². The van der Waals surface area contributed by atoms with Crippen LogP contribution >= 0.6 is 0 Å². The first-order valence-corrected chi connectivity index (χ1v) is 9.78. The highest BCUT2D eigenvalue weighted by Crippen LogP contribution is 2.17. The van der Waals surface area contributed by atoms with E-state index in [0.717, 1.165) is 25.1 Å². The summed E-state index contributed by atoms with van der Waals surface area (Å²) in [5.41, 5.74) is 2.26. The number of aromatic nitrogens is 2. The molecule has 1 heterocycles. The highest BCUT2D eigenvalue weighted by Gasteiger charge is 2.09. The van der Waals surface area contributed by atoms with E-state index in [9.17, 15) is 4.79 Å². The molecule has 29 heavy (non-hydrogen) atoms. The predicted octanol–water partition coefficient (Wildman–Crippen LogP) is 4.56. The lowest BCUT2D eigenvalue weighted by molar-refractivity contribution is 0.102. The second-order valence-electron chi connectivity index (χ2n) is 6.95. The number of rotatable bonds is 9. The number of amides is 1. The smallest absolute Gasteiger partial charge is 0.275 e. The average Bonchev–Trinajstić information content (AvgIpc) is 2.73. The number of hydrogen-bond acceptors (Lipinski definition) is 5. The van der Waals surface area contributed by atoms with E-state index >= 15 is 0 Å². The van der Waals surface area contributed by atoms with Gasteiger partial charge in [0.2, 0.25) is 0 Å². The van der Waals surface area contributed by atoms with Crippen molar-refractivity contribution in [3.63, 3.8) is 0 Å². The van der Waals surface area contributed by atoms with Gasteiger partial charge in [-0.2, -0.15) is 0 Å². The van der Waals surface area contributed by atoms with Crippen LogP contribution < -0.4 is 15.4 Å². The molecule has 0 saturated carbocycles. The van der Waals surface area contributed by atoms with Gasteiger partial charge in [0.25, 0.3) is 5.91 Å². The van der Waals surface area contributed by atoms with Crippen LogP contribution in [0.3, 0.4) is 0 Å². The number of anilines is 2. The van der Waals surface area contributed by atoms with Gasteiger partial charge in [0.15, 0.2) is 0 Å². The molecule has 0 atom stereocenters. The first-order valence-electron chi connectivity index (χ1n) is 9.78. The van der Waals surface area contributed by atoms with E-state index in [4.69, 9.17) is 4.74 Å². The predicted molar refractivity (Wildman–Crippen MR) is 115 cm³/mol. The third kappa shape index (κ3) is 6.60. The molecule has 0 aliphatic rings. The highest BCUT2D eigenvalue weighted by molar-refractivity contribution is 6.02. The molecule has 0 fully saturated rings. The average molecular weight is 390 g/mol. The fraction of sp³-hybridized carbons (Fsp3) is 0.261. The van der Waals surface area contributed by atoms with E-state index in [0.29, 0.717) is 11.5 Å². The molecule has 0 aliphatic heterocycles. The van der Waals surface area contributed by atoms with E-state index < -0.39 is 0 Å². The van der Waals surface area contributed by atoms with Crippen LogP contribution in [-0.2, 0) is 6.42 Å². The Labute approximate surface area is 171 Å². The molecular formula is C23H26N4O2. The van der Waals surface area contributed by atoms with Crippen LogP contribution in [0.1, 0.15) is 36.3 Å². The van der Waals surface area contributed by atoms with Crippen molar-refractivity contribution in [1.29, 1.82) is 0 Å². The van der Waals surface area contributed by atoms with Crippen molar-refractivity contribution in [1.82, 2.24) is 9.97 Å². The zero-order valence-corrected chi connectivity index (χ0v) is 16.8. The number of aryl methyl sites for hydroxylation is 1. The van der Waals surface area contributed by atoms with E-state index in [-0.39, 0.29) is 17.7 Å². The summed E-state index contributed by atoms with van der Waals surface area (Å²) in [6.07, 6.45) is 5.16. The number of nitrogens with one attached hydrogen (secondary N) is 2. The Kier molecular flexibility index (Phi) is 7.16. The molecule has 3 aromatic rings. The van der Waals surface area contributed by atoms with Crippen molar-refractivity contribution in [2.75, 3.05) is 17.2 Å². The van der Waals surface area contributed by atoms with Gasteiger partial charge >= 0.3 is 0 Å². The first-order chi connectivity index (χ1) is 14.1. The standard InChI is InChI=1S/C23H26N4O2/c1-17(2)29-20-12-10-19(11-13-20)27-23(28)21-15-26-22(16-25-21)24-14-6-9-18-7-4-3-5-8-18/h3-5,7-8,10-13,15-17H,6,9,14H2,1-2H3,(H,24,26)(H,27,28). The summed E-state index contributed by atoms with van der Waals surface area (Å²) in [4.78, 5) is 20.8. The van der Waals surface area contributed by atoms with Gasteiger partial charge in [-0.15, -0.1) is 0 Å². The van der Waals surface area contributed by atoms with E-state index in [2.05, 4.69) is 32.7 Å². The fourth-order valence-electron chi connectivity index (χ4n) is 2.77. The molecule has 2 N–H and O–H groups in total. The second kappa shape index (κ2) is 10.2. The minimum atomic E-state index is -0.300. The summed E-state index contributed by atoms with van der Waals surface area (Å²) in [6, 6.07) is 17.6. The summed E-state index contributed by atoms with van der Waals surface area (Å²) in [5, 5.41) is 6.04. The van der Waals surface area contributed by atoms with Gasteiger partial charge in [0, 0.05) is 12.2 Å². The number of hydrogen-bond donors (Lipinski definition) is 2. The monoisotopic (exact) mass is 390 g/mol. The molecule has 2 aromatic carbocycles. The van der Waals surface area contributed by atoms with Crippen molar-refractivity contribution in [2.24, 2.45) is 0 Å². The molecule has 0 unspecified atom stereocenters. The SMILES string of the molecule is CC(C)Oc1ccc(NC(=O)c2cnc(NCCCc3ccccc3)cn2)cc1. The van der Waals surface area contributed by atoms with E-state index in [1.54, 1.807) is 18.3 Å². The molecule has 1 amide bonds. The maximum atomic E-state index is 12.3. The van der Waals surface area contributed by atoms with Crippen LogP contribution in [0.4, 0.5) is 11.5 Å². The van der Waals surface area contributed by atoms with Gasteiger partial charge in [-0.1, -0.05) is 30.3 Å². The van der Waals surface area contributed by atoms with Crippen LogP contribution in [0.5, 0.6) is 5.75 Å². The van der Waals surface area contributed by atoms with Gasteiger partial charge in [0.1, 0.15) is 17.3 Å². The fourth-order valence-corrected chi connectivity index (χ4v) is 2.77. The maximum Gasteiger partial charge on any atom is 0.275 e. The molecule has 6 heteroatoms. The minimum Gasteiger partial charge on any atom is -0.491 e. The molecule has 0 aliphatic carbocycles. The van der Waals surface area contributed by atoms with E-state index in [1.165, 1.54) is 11.8 Å². The number of ether oxygens (including phenoxy) is 1. The lowest BCUT2D eigenvalue weighted by atomic mass is 10.1. The van der Waals surface area contributed by atoms with Crippen LogP contribution in [0.25, 0.3) is 0 Å². The van der Waals surface area contributed by atoms with Crippen LogP contribution in [-0.4, -0.2) is 28.5 Å². The van der Waals surface area contributed by atoms with Gasteiger partial charge in [-0.3, -0.25) is 4.79 Å². The maximum absolute atomic E-state index is 12.3. The van der Waals surface area contributed by atoms with Crippen molar-refractivity contribution in [3.8, 4) is 5.75 Å². The number of benzene rings is 2. The van der Waals surface area contributed by atoms with Gasteiger partial charge < -0.3 is 15.4 Å². The van der Waals surface area contributed by atoms with Crippen LogP contribution in [0.2, 0.25) is 0 Å². The molecule has 6 nitrogen and oxygen atoms in total. The third-order valence-electron chi connectivity index (χ3n) is 4.16. The van der Waals surface area contributed by atoms with Crippen molar-refractivity contribution in [2.45, 2.75) is 32.8 Å². The Balaban J connectivity index is 1.45. The molecular weight excluding hydrogens is 364 g/mol. The summed E-state index contributed by atoms with van der Waals surface area (Å²) in [6.45, 7) is 4.73. The highest BCUT2D eigenvalue weighted by atomic mass is 16.5. The van der Waals surface area contributed by atoms with Gasteiger partial charge in [-0.05, 0) is 56.5 Å². The van der Waals surface area contributed by atoms with Crippen molar-refractivity contribution >= 4 is 17.4 Å². The second-order valence-corrected chi connectivity index (χ2v) is 6.95. The molecule has 0 spiro atoms. The Morgan fingerprint density at radius 3 is 2.41 bits per heavy atom. The normalized spacial score (nSPS) is 10.6. The number of carbonyl (C=O) groups is 1. The molecule has 1 aromatic heterocycles. The zero-order valence-electron chi connectivity index (χ0n) is 16.8. The minimum absolute atomic E-state index is 0.108. The van der Waals surface area contributed by atoms with Crippen molar-refractivity contribution in [3.05, 3.63) is 78.2 Å². The van der Waals surface area contributed by atoms with Crippen LogP contribution in [0, 0.1) is 0 Å². The molecule has 150 valence electrons. The lowest BCUT2D eigenvalue weighted by Crippen LogP contribution is -2.15. The molecule has 0 saturated heterocycles. The lowest BCUT2D eigenvalue weighted by Gasteiger charge is -2.10. The largest absolute Gasteiger partial charge is 0.491 e. The number of carbonyl (C=O) groups excluding carboxylic acids is 1. The molecule has 0 radical (unpaired) electrons.